The Labute approximate surface area is 113 Å². The van der Waals surface area contributed by atoms with Gasteiger partial charge in [0.25, 0.3) is 0 Å². The molecular weight excluding hydrogens is 244 g/mol. The van der Waals surface area contributed by atoms with Crippen molar-refractivity contribution in [2.75, 3.05) is 6.61 Å². The van der Waals surface area contributed by atoms with Crippen LogP contribution in [0, 0.1) is 6.92 Å². The summed E-state index contributed by atoms with van der Waals surface area (Å²) in [4.78, 5) is 23.3. The molecular formula is C14H20N2O3. The van der Waals surface area contributed by atoms with E-state index in [2.05, 4.69) is 5.32 Å². The molecule has 1 aromatic carbocycles. The lowest BCUT2D eigenvalue weighted by Crippen LogP contribution is -2.43. The largest absolute Gasteiger partial charge is 0.464 e. The summed E-state index contributed by atoms with van der Waals surface area (Å²) in [5, 5.41) is 2.54. The Balaban J connectivity index is 2.62. The predicted octanol–water partition coefficient (Wildman–Crippen LogP) is 1.06. The summed E-state index contributed by atoms with van der Waals surface area (Å²) in [7, 11) is 0. The van der Waals surface area contributed by atoms with Crippen molar-refractivity contribution in [2.24, 2.45) is 5.73 Å². The van der Waals surface area contributed by atoms with Crippen LogP contribution in [0.15, 0.2) is 24.3 Å². The fourth-order valence-electron chi connectivity index (χ4n) is 1.55. The van der Waals surface area contributed by atoms with E-state index in [0.717, 1.165) is 5.56 Å². The molecule has 2 atom stereocenters. The van der Waals surface area contributed by atoms with Gasteiger partial charge < -0.3 is 15.8 Å². The summed E-state index contributed by atoms with van der Waals surface area (Å²) < 4.78 is 4.81. The standard InChI is InChI=1S/C14H20N2O3/c1-4-19-14(18)10(3)16-13(17)12(15)11-7-5-9(2)6-8-11/h5-8,10,12H,4,15H2,1-3H3,(H,16,17). The van der Waals surface area contributed by atoms with Gasteiger partial charge in [-0.3, -0.25) is 4.79 Å². The number of carbonyl (C=O) groups is 2. The highest BCUT2D eigenvalue weighted by Gasteiger charge is 2.21. The normalized spacial score (nSPS) is 13.5. The molecule has 1 amide bonds. The number of ether oxygens (including phenoxy) is 1. The zero-order valence-corrected chi connectivity index (χ0v) is 11.5. The minimum absolute atomic E-state index is 0.281. The van der Waals surface area contributed by atoms with Gasteiger partial charge in [-0.1, -0.05) is 29.8 Å². The second-order valence-electron chi connectivity index (χ2n) is 4.37. The molecule has 0 spiro atoms. The molecule has 0 heterocycles. The maximum Gasteiger partial charge on any atom is 0.328 e. The van der Waals surface area contributed by atoms with Gasteiger partial charge in [0.05, 0.1) is 6.61 Å². The molecule has 0 radical (unpaired) electrons. The summed E-state index contributed by atoms with van der Waals surface area (Å²) in [5.74, 6) is -0.864. The number of nitrogens with two attached hydrogens (primary N) is 1. The van der Waals surface area contributed by atoms with Gasteiger partial charge in [-0.05, 0) is 26.3 Å². The van der Waals surface area contributed by atoms with Gasteiger partial charge in [0.2, 0.25) is 5.91 Å². The summed E-state index contributed by atoms with van der Waals surface area (Å²) in [5.41, 5.74) is 7.65. The van der Waals surface area contributed by atoms with E-state index in [1.54, 1.807) is 26.0 Å². The lowest BCUT2D eigenvalue weighted by molar-refractivity contribution is -0.147. The van der Waals surface area contributed by atoms with Crippen molar-refractivity contribution in [3.63, 3.8) is 0 Å². The van der Waals surface area contributed by atoms with Gasteiger partial charge in [-0.15, -0.1) is 0 Å². The van der Waals surface area contributed by atoms with Gasteiger partial charge in [0, 0.05) is 0 Å². The summed E-state index contributed by atoms with van der Waals surface area (Å²) in [6.07, 6.45) is 0. The number of esters is 1. The van der Waals surface area contributed by atoms with Gasteiger partial charge >= 0.3 is 5.97 Å². The van der Waals surface area contributed by atoms with Crippen molar-refractivity contribution in [3.8, 4) is 0 Å². The molecule has 0 aliphatic heterocycles. The highest BCUT2D eigenvalue weighted by atomic mass is 16.5. The number of benzene rings is 1. The number of aryl methyl sites for hydroxylation is 1. The molecule has 3 N–H and O–H groups in total. The summed E-state index contributed by atoms with van der Waals surface area (Å²) in [6.45, 7) is 5.52. The van der Waals surface area contributed by atoms with Crippen LogP contribution in [0.1, 0.15) is 31.0 Å². The minimum atomic E-state index is -0.794. The number of hydrogen-bond donors (Lipinski definition) is 2. The molecule has 2 unspecified atom stereocenters. The average molecular weight is 264 g/mol. The Morgan fingerprint density at radius 1 is 1.32 bits per heavy atom. The van der Waals surface area contributed by atoms with E-state index in [0.29, 0.717) is 5.56 Å². The first kappa shape index (κ1) is 15.2. The molecule has 5 heteroatoms. The number of nitrogens with one attached hydrogen (secondary N) is 1. The van der Waals surface area contributed by atoms with E-state index < -0.39 is 24.0 Å². The number of hydrogen-bond acceptors (Lipinski definition) is 4. The van der Waals surface area contributed by atoms with E-state index in [1.165, 1.54) is 0 Å². The molecule has 0 aliphatic rings. The fourth-order valence-corrected chi connectivity index (χ4v) is 1.55. The van der Waals surface area contributed by atoms with Crippen LogP contribution in [-0.4, -0.2) is 24.5 Å². The van der Waals surface area contributed by atoms with Gasteiger partial charge in [-0.25, -0.2) is 4.79 Å². The predicted molar refractivity (Wildman–Crippen MR) is 72.3 cm³/mol. The van der Waals surface area contributed by atoms with Crippen molar-refractivity contribution < 1.29 is 14.3 Å². The Kier molecular flexibility index (Phi) is 5.51. The lowest BCUT2D eigenvalue weighted by atomic mass is 10.1. The summed E-state index contributed by atoms with van der Waals surface area (Å²) >= 11 is 0. The molecule has 0 saturated heterocycles. The maximum absolute atomic E-state index is 11.9. The molecule has 0 saturated carbocycles. The highest BCUT2D eigenvalue weighted by Crippen LogP contribution is 2.11. The quantitative estimate of drug-likeness (QED) is 0.779. The molecule has 1 aromatic rings. The van der Waals surface area contributed by atoms with Crippen molar-refractivity contribution in [2.45, 2.75) is 32.9 Å². The monoisotopic (exact) mass is 264 g/mol. The van der Waals surface area contributed by atoms with Crippen LogP contribution in [-0.2, 0) is 14.3 Å². The molecule has 5 nitrogen and oxygen atoms in total. The smallest absolute Gasteiger partial charge is 0.328 e. The zero-order valence-electron chi connectivity index (χ0n) is 11.5. The van der Waals surface area contributed by atoms with Crippen LogP contribution >= 0.6 is 0 Å². The second kappa shape index (κ2) is 6.89. The van der Waals surface area contributed by atoms with Gasteiger partial charge in [-0.2, -0.15) is 0 Å². The molecule has 19 heavy (non-hydrogen) atoms. The van der Waals surface area contributed by atoms with Gasteiger partial charge in [0.15, 0.2) is 0 Å². The Hall–Kier alpha value is -1.88. The Morgan fingerprint density at radius 2 is 1.89 bits per heavy atom. The molecule has 0 fully saturated rings. The third kappa shape index (κ3) is 4.37. The molecule has 0 bridgehead atoms. The third-order valence-corrected chi connectivity index (χ3v) is 2.72. The average Bonchev–Trinajstić information content (AvgIpc) is 2.38. The fraction of sp³-hybridized carbons (Fsp3) is 0.429. The van der Waals surface area contributed by atoms with E-state index >= 15 is 0 Å². The third-order valence-electron chi connectivity index (χ3n) is 2.72. The number of rotatable bonds is 5. The van der Waals surface area contributed by atoms with Gasteiger partial charge in [0.1, 0.15) is 12.1 Å². The van der Waals surface area contributed by atoms with Crippen molar-refractivity contribution in [1.29, 1.82) is 0 Å². The lowest BCUT2D eigenvalue weighted by Gasteiger charge is -2.16. The molecule has 104 valence electrons. The van der Waals surface area contributed by atoms with Crippen molar-refractivity contribution >= 4 is 11.9 Å². The van der Waals surface area contributed by atoms with E-state index in [-0.39, 0.29) is 6.61 Å². The zero-order chi connectivity index (χ0) is 14.4. The van der Waals surface area contributed by atoms with E-state index in [9.17, 15) is 9.59 Å². The van der Waals surface area contributed by atoms with Crippen LogP contribution in [0.3, 0.4) is 0 Å². The van der Waals surface area contributed by atoms with E-state index in [1.807, 2.05) is 19.1 Å². The Bertz CT molecular complexity index is 443. The molecule has 1 rings (SSSR count). The first-order chi connectivity index (χ1) is 8.95. The topological polar surface area (TPSA) is 81.4 Å². The number of amides is 1. The van der Waals surface area contributed by atoms with Crippen molar-refractivity contribution in [3.05, 3.63) is 35.4 Å². The SMILES string of the molecule is CCOC(=O)C(C)NC(=O)C(N)c1ccc(C)cc1. The highest BCUT2D eigenvalue weighted by molar-refractivity contribution is 5.87. The van der Waals surface area contributed by atoms with Crippen molar-refractivity contribution in [1.82, 2.24) is 5.32 Å². The van der Waals surface area contributed by atoms with Crippen LogP contribution in [0.25, 0.3) is 0 Å². The minimum Gasteiger partial charge on any atom is -0.464 e. The van der Waals surface area contributed by atoms with E-state index in [4.69, 9.17) is 10.5 Å². The first-order valence-electron chi connectivity index (χ1n) is 6.24. The maximum atomic E-state index is 11.9. The Morgan fingerprint density at radius 3 is 2.42 bits per heavy atom. The number of carbonyl (C=O) groups excluding carboxylic acids is 2. The van der Waals surface area contributed by atoms with Crippen LogP contribution in [0.4, 0.5) is 0 Å². The second-order valence-corrected chi connectivity index (χ2v) is 4.37. The van der Waals surface area contributed by atoms with Crippen LogP contribution in [0.5, 0.6) is 0 Å². The molecule has 0 aromatic heterocycles. The van der Waals surface area contributed by atoms with Crippen LogP contribution < -0.4 is 11.1 Å². The molecule has 0 aliphatic carbocycles. The first-order valence-corrected chi connectivity index (χ1v) is 6.24. The summed E-state index contributed by atoms with van der Waals surface area (Å²) in [6, 6.07) is 5.87. The van der Waals surface area contributed by atoms with Crippen LogP contribution in [0.2, 0.25) is 0 Å².